The monoisotopic (exact) mass is 320 g/mol. The molecule has 2 aliphatic heterocycles. The van der Waals surface area contributed by atoms with Crippen molar-refractivity contribution in [2.24, 2.45) is 0 Å². The first-order valence-electron chi connectivity index (χ1n) is 7.64. The molecular weight excluding hydrogens is 300 g/mol. The van der Waals surface area contributed by atoms with Crippen LogP contribution < -0.4 is 5.32 Å². The molecule has 1 unspecified atom stereocenters. The number of hydrogen-bond acceptors (Lipinski definition) is 2. The van der Waals surface area contributed by atoms with E-state index in [0.717, 1.165) is 39.1 Å². The third kappa shape index (κ3) is 2.55. The number of amides is 2. The summed E-state index contributed by atoms with van der Waals surface area (Å²) in [7, 11) is 0. The molecule has 0 radical (unpaired) electrons. The number of carbonyl (C=O) groups excluding carboxylic acids is 1. The summed E-state index contributed by atoms with van der Waals surface area (Å²) < 4.78 is 0. The van der Waals surface area contributed by atoms with E-state index in [1.54, 1.807) is 0 Å². The molecule has 3 heterocycles. The summed E-state index contributed by atoms with van der Waals surface area (Å²) in [6.07, 6.45) is 2.98. The lowest BCUT2D eigenvalue weighted by Crippen LogP contribution is -2.49. The average Bonchev–Trinajstić information content (AvgIpc) is 3.07. The van der Waals surface area contributed by atoms with Crippen molar-refractivity contribution in [1.82, 2.24) is 20.1 Å². The van der Waals surface area contributed by atoms with Crippen LogP contribution >= 0.6 is 12.4 Å². The number of urea groups is 1. The van der Waals surface area contributed by atoms with Gasteiger partial charge in [-0.3, -0.25) is 0 Å². The lowest BCUT2D eigenvalue weighted by Gasteiger charge is -2.28. The van der Waals surface area contributed by atoms with Gasteiger partial charge >= 0.3 is 6.03 Å². The van der Waals surface area contributed by atoms with Crippen molar-refractivity contribution in [3.05, 3.63) is 36.0 Å². The summed E-state index contributed by atoms with van der Waals surface area (Å²) in [5.41, 5.74) is 2.46. The van der Waals surface area contributed by atoms with Gasteiger partial charge in [0.25, 0.3) is 0 Å². The van der Waals surface area contributed by atoms with Gasteiger partial charge in [0.2, 0.25) is 0 Å². The summed E-state index contributed by atoms with van der Waals surface area (Å²) >= 11 is 0. The van der Waals surface area contributed by atoms with Crippen LogP contribution in [-0.4, -0.2) is 59.6 Å². The second-order valence-corrected chi connectivity index (χ2v) is 5.89. The van der Waals surface area contributed by atoms with E-state index in [4.69, 9.17) is 0 Å². The first-order valence-corrected chi connectivity index (χ1v) is 7.64. The molecule has 2 amide bonds. The Morgan fingerprint density at radius 1 is 1.27 bits per heavy atom. The van der Waals surface area contributed by atoms with Gasteiger partial charge in [0.1, 0.15) is 0 Å². The average molecular weight is 321 g/mol. The fraction of sp³-hybridized carbons (Fsp3) is 0.438. The maximum Gasteiger partial charge on any atom is 0.320 e. The largest absolute Gasteiger partial charge is 0.361 e. The van der Waals surface area contributed by atoms with Crippen LogP contribution in [0.1, 0.15) is 5.56 Å². The molecule has 4 rings (SSSR count). The standard InChI is InChI=1S/C16H20N4O.ClH/c21-16-19(11-13-10-17-6-8-20(13)16)7-5-12-9-18-15-4-2-1-3-14(12)15;/h1-4,9,13,17-18H,5-8,10-11H2;1H. The van der Waals surface area contributed by atoms with Crippen LogP contribution in [0, 0.1) is 0 Å². The normalized spacial score (nSPS) is 21.1. The number of rotatable bonds is 3. The Labute approximate surface area is 136 Å². The molecule has 22 heavy (non-hydrogen) atoms. The van der Waals surface area contributed by atoms with Crippen LogP contribution in [0.5, 0.6) is 0 Å². The van der Waals surface area contributed by atoms with E-state index in [0.29, 0.717) is 6.04 Å². The van der Waals surface area contributed by atoms with Gasteiger partial charge in [-0.25, -0.2) is 4.79 Å². The Balaban J connectivity index is 0.00000144. The summed E-state index contributed by atoms with van der Waals surface area (Å²) in [4.78, 5) is 19.7. The first-order chi connectivity index (χ1) is 10.3. The predicted molar refractivity (Wildman–Crippen MR) is 89.6 cm³/mol. The Morgan fingerprint density at radius 3 is 3.00 bits per heavy atom. The van der Waals surface area contributed by atoms with Crippen LogP contribution in [0.25, 0.3) is 10.9 Å². The maximum atomic E-state index is 12.4. The molecule has 1 aromatic carbocycles. The number of aromatic nitrogens is 1. The molecule has 2 saturated heterocycles. The highest BCUT2D eigenvalue weighted by molar-refractivity contribution is 5.85. The summed E-state index contributed by atoms with van der Waals surface area (Å²) in [5.74, 6) is 0. The van der Waals surface area contributed by atoms with E-state index >= 15 is 0 Å². The SMILES string of the molecule is Cl.O=C1N(CCc2c[nH]c3ccccc23)CC2CNCCN12. The molecule has 2 N–H and O–H groups in total. The van der Waals surface area contributed by atoms with Crippen LogP contribution in [0.4, 0.5) is 4.79 Å². The number of hydrogen-bond donors (Lipinski definition) is 2. The Bertz CT molecular complexity index is 671. The quantitative estimate of drug-likeness (QED) is 0.906. The van der Waals surface area contributed by atoms with Crippen molar-refractivity contribution in [1.29, 1.82) is 0 Å². The van der Waals surface area contributed by atoms with Crippen LogP contribution in [0.15, 0.2) is 30.5 Å². The zero-order valence-electron chi connectivity index (χ0n) is 12.4. The molecule has 0 saturated carbocycles. The van der Waals surface area contributed by atoms with Gasteiger partial charge in [-0.15, -0.1) is 12.4 Å². The van der Waals surface area contributed by atoms with E-state index < -0.39 is 0 Å². The minimum Gasteiger partial charge on any atom is -0.361 e. The fourth-order valence-electron chi connectivity index (χ4n) is 3.47. The number of H-pyrrole nitrogens is 1. The van der Waals surface area contributed by atoms with E-state index in [9.17, 15) is 4.79 Å². The van der Waals surface area contributed by atoms with Crippen molar-refractivity contribution in [2.45, 2.75) is 12.5 Å². The summed E-state index contributed by atoms with van der Waals surface area (Å²) in [6, 6.07) is 8.89. The highest BCUT2D eigenvalue weighted by Gasteiger charge is 2.37. The summed E-state index contributed by atoms with van der Waals surface area (Å²) in [6.45, 7) is 4.34. The minimum absolute atomic E-state index is 0. The smallest absolute Gasteiger partial charge is 0.320 e. The van der Waals surface area contributed by atoms with Gasteiger partial charge in [-0.2, -0.15) is 0 Å². The number of benzene rings is 1. The van der Waals surface area contributed by atoms with Gasteiger partial charge in [-0.1, -0.05) is 18.2 Å². The van der Waals surface area contributed by atoms with E-state index in [-0.39, 0.29) is 18.4 Å². The molecular formula is C16H21ClN4O. The molecule has 2 aromatic rings. The Kier molecular flexibility index (Phi) is 4.27. The van der Waals surface area contributed by atoms with E-state index in [1.807, 2.05) is 15.9 Å². The predicted octanol–water partition coefficient (Wildman–Crippen LogP) is 1.84. The third-order valence-electron chi connectivity index (χ3n) is 4.62. The molecule has 2 fully saturated rings. The summed E-state index contributed by atoms with van der Waals surface area (Å²) in [5, 5.41) is 4.63. The number of piperazine rings is 1. The highest BCUT2D eigenvalue weighted by atomic mass is 35.5. The molecule has 118 valence electrons. The number of aromatic amines is 1. The van der Waals surface area contributed by atoms with E-state index in [1.165, 1.54) is 16.5 Å². The first kappa shape index (κ1) is 15.2. The zero-order chi connectivity index (χ0) is 14.2. The van der Waals surface area contributed by atoms with Crippen LogP contribution in [0.2, 0.25) is 0 Å². The van der Waals surface area contributed by atoms with Gasteiger partial charge in [-0.05, 0) is 18.1 Å². The van der Waals surface area contributed by atoms with Gasteiger partial charge < -0.3 is 20.1 Å². The van der Waals surface area contributed by atoms with Crippen molar-refractivity contribution in [2.75, 3.05) is 32.7 Å². The second kappa shape index (κ2) is 6.18. The third-order valence-corrected chi connectivity index (χ3v) is 4.62. The van der Waals surface area contributed by atoms with E-state index in [2.05, 4.69) is 34.7 Å². The molecule has 0 aliphatic carbocycles. The number of carbonyl (C=O) groups is 1. The number of nitrogens with zero attached hydrogens (tertiary/aromatic N) is 2. The molecule has 1 aromatic heterocycles. The lowest BCUT2D eigenvalue weighted by atomic mass is 10.1. The van der Waals surface area contributed by atoms with Crippen molar-refractivity contribution in [3.63, 3.8) is 0 Å². The van der Waals surface area contributed by atoms with Crippen LogP contribution in [0.3, 0.4) is 0 Å². The molecule has 6 heteroatoms. The van der Waals surface area contributed by atoms with Gasteiger partial charge in [0, 0.05) is 49.8 Å². The highest BCUT2D eigenvalue weighted by Crippen LogP contribution is 2.21. The second-order valence-electron chi connectivity index (χ2n) is 5.89. The van der Waals surface area contributed by atoms with Crippen molar-refractivity contribution < 1.29 is 4.79 Å². The van der Waals surface area contributed by atoms with Crippen LogP contribution in [-0.2, 0) is 6.42 Å². The molecule has 0 bridgehead atoms. The molecule has 0 spiro atoms. The Morgan fingerprint density at radius 2 is 2.14 bits per heavy atom. The number of nitrogens with one attached hydrogen (secondary N) is 2. The zero-order valence-corrected chi connectivity index (χ0v) is 13.2. The number of para-hydroxylation sites is 1. The fourth-order valence-corrected chi connectivity index (χ4v) is 3.47. The Hall–Kier alpha value is -1.72. The molecule has 5 nitrogen and oxygen atoms in total. The van der Waals surface area contributed by atoms with Crippen molar-refractivity contribution >= 4 is 29.3 Å². The topological polar surface area (TPSA) is 51.4 Å². The molecule has 1 atom stereocenters. The van der Waals surface area contributed by atoms with Gasteiger partial charge in [0.15, 0.2) is 0 Å². The van der Waals surface area contributed by atoms with Gasteiger partial charge in [0.05, 0.1) is 6.04 Å². The maximum absolute atomic E-state index is 12.4. The molecule has 2 aliphatic rings. The number of fused-ring (bicyclic) bond motifs is 2. The van der Waals surface area contributed by atoms with Crippen molar-refractivity contribution in [3.8, 4) is 0 Å². The lowest BCUT2D eigenvalue weighted by molar-refractivity contribution is 0.179. The minimum atomic E-state index is 0. The number of halogens is 1.